The molecule has 1 N–H and O–H groups in total. The molecule has 1 heterocycles. The molecule has 9 heteroatoms. The Balaban J connectivity index is 1.89. The first-order chi connectivity index (χ1) is 12.6. The minimum absolute atomic E-state index is 0.00470. The van der Waals surface area contributed by atoms with Crippen LogP contribution in [0.25, 0.3) is 0 Å². The second-order valence-electron chi connectivity index (χ2n) is 6.84. The molecule has 152 valence electrons. The fourth-order valence-corrected chi connectivity index (χ4v) is 3.26. The highest BCUT2D eigenvalue weighted by molar-refractivity contribution is 5.69. The molecule has 0 aliphatic carbocycles. The molecule has 1 atom stereocenters. The first kappa shape index (κ1) is 21.4. The predicted molar refractivity (Wildman–Crippen MR) is 91.1 cm³/mol. The second-order valence-corrected chi connectivity index (χ2v) is 6.84. The quantitative estimate of drug-likeness (QED) is 0.723. The molecule has 0 spiro atoms. The number of halogens is 4. The van der Waals surface area contributed by atoms with Crippen molar-refractivity contribution in [3.05, 3.63) is 29.6 Å². The Labute approximate surface area is 155 Å². The number of hydrogen-bond acceptors (Lipinski definition) is 4. The van der Waals surface area contributed by atoms with E-state index in [4.69, 9.17) is 5.11 Å². The van der Waals surface area contributed by atoms with Gasteiger partial charge < -0.3 is 9.84 Å². The first-order valence-electron chi connectivity index (χ1n) is 8.76. The summed E-state index contributed by atoms with van der Waals surface area (Å²) < 4.78 is 55.0. The maximum atomic E-state index is 14.0. The number of likely N-dealkylation sites (tertiary alicyclic amines) is 1. The molecule has 0 bridgehead atoms. The summed E-state index contributed by atoms with van der Waals surface area (Å²) in [6, 6.07) is 4.16. The zero-order chi connectivity index (χ0) is 20.0. The van der Waals surface area contributed by atoms with Crippen molar-refractivity contribution in [3.8, 4) is 5.75 Å². The van der Waals surface area contributed by atoms with Crippen molar-refractivity contribution in [2.45, 2.75) is 38.0 Å². The average molecular weight is 392 g/mol. The van der Waals surface area contributed by atoms with Gasteiger partial charge in [-0.15, -0.1) is 0 Å². The van der Waals surface area contributed by atoms with Gasteiger partial charge in [0.1, 0.15) is 0 Å². The molecule has 1 aliphatic heterocycles. The minimum Gasteiger partial charge on any atom is -0.481 e. The highest BCUT2D eigenvalue weighted by Gasteiger charge is 2.29. The molecule has 0 saturated carbocycles. The second kappa shape index (κ2) is 9.36. The van der Waals surface area contributed by atoms with Crippen LogP contribution in [0.5, 0.6) is 5.75 Å². The maximum Gasteiger partial charge on any atom is 0.422 e. The summed E-state index contributed by atoms with van der Waals surface area (Å²) in [7, 11) is 1.80. The molecule has 27 heavy (non-hydrogen) atoms. The van der Waals surface area contributed by atoms with Crippen molar-refractivity contribution >= 4 is 5.97 Å². The third-order valence-electron chi connectivity index (χ3n) is 4.59. The van der Waals surface area contributed by atoms with E-state index in [2.05, 4.69) is 9.64 Å². The van der Waals surface area contributed by atoms with Gasteiger partial charge in [-0.05, 0) is 57.1 Å². The van der Waals surface area contributed by atoms with Gasteiger partial charge in [0.05, 0.1) is 6.54 Å². The summed E-state index contributed by atoms with van der Waals surface area (Å²) in [5, 5.41) is 8.90. The van der Waals surface area contributed by atoms with Crippen molar-refractivity contribution in [1.29, 1.82) is 0 Å². The smallest absolute Gasteiger partial charge is 0.422 e. The van der Waals surface area contributed by atoms with E-state index in [1.54, 1.807) is 13.1 Å². The Morgan fingerprint density at radius 3 is 2.70 bits per heavy atom. The molecular formula is C18H24F4N2O3. The van der Waals surface area contributed by atoms with Crippen molar-refractivity contribution in [2.75, 3.05) is 33.3 Å². The summed E-state index contributed by atoms with van der Waals surface area (Å²) in [6.07, 6.45) is -1.93. The van der Waals surface area contributed by atoms with Gasteiger partial charge in [0.25, 0.3) is 0 Å². The molecule has 1 aliphatic rings. The van der Waals surface area contributed by atoms with Gasteiger partial charge in [0.15, 0.2) is 18.2 Å². The van der Waals surface area contributed by atoms with Crippen LogP contribution in [0.15, 0.2) is 18.2 Å². The van der Waals surface area contributed by atoms with Crippen molar-refractivity contribution in [1.82, 2.24) is 9.80 Å². The molecule has 0 amide bonds. The molecule has 1 aromatic rings. The lowest BCUT2D eigenvalue weighted by Crippen LogP contribution is -2.36. The Morgan fingerprint density at radius 2 is 2.07 bits per heavy atom. The van der Waals surface area contributed by atoms with Crippen molar-refractivity contribution < 1.29 is 32.2 Å². The lowest BCUT2D eigenvalue weighted by atomic mass is 10.1. The summed E-state index contributed by atoms with van der Waals surface area (Å²) in [6.45, 7) is 0.482. The van der Waals surface area contributed by atoms with Crippen LogP contribution in [-0.4, -0.2) is 66.4 Å². The molecule has 0 aromatic heterocycles. The molecule has 2 rings (SSSR count). The zero-order valence-electron chi connectivity index (χ0n) is 15.1. The fourth-order valence-electron chi connectivity index (χ4n) is 3.26. The number of benzene rings is 1. The molecular weight excluding hydrogens is 368 g/mol. The zero-order valence-corrected chi connectivity index (χ0v) is 15.1. The van der Waals surface area contributed by atoms with Crippen LogP contribution in [0.2, 0.25) is 0 Å². The summed E-state index contributed by atoms with van der Waals surface area (Å²) in [4.78, 5) is 14.8. The first-order valence-corrected chi connectivity index (χ1v) is 8.76. The number of nitrogens with zero attached hydrogens (tertiary/aromatic N) is 2. The third kappa shape index (κ3) is 7.34. The van der Waals surface area contributed by atoms with E-state index in [0.29, 0.717) is 12.1 Å². The lowest BCUT2D eigenvalue weighted by Gasteiger charge is -2.25. The Bertz CT molecular complexity index is 640. The van der Waals surface area contributed by atoms with E-state index in [1.807, 2.05) is 4.90 Å². The van der Waals surface area contributed by atoms with Crippen LogP contribution in [0.3, 0.4) is 0 Å². The minimum atomic E-state index is -4.51. The molecule has 1 aromatic carbocycles. The third-order valence-corrected chi connectivity index (χ3v) is 4.59. The van der Waals surface area contributed by atoms with Crippen LogP contribution in [-0.2, 0) is 11.3 Å². The van der Waals surface area contributed by atoms with E-state index in [9.17, 15) is 22.4 Å². The van der Waals surface area contributed by atoms with Crippen LogP contribution in [0.1, 0.15) is 24.8 Å². The summed E-state index contributed by atoms with van der Waals surface area (Å²) in [5.74, 6) is -2.09. The number of aliphatic carboxylic acids is 1. The van der Waals surface area contributed by atoms with Crippen LogP contribution >= 0.6 is 0 Å². The van der Waals surface area contributed by atoms with Crippen LogP contribution < -0.4 is 4.74 Å². The molecule has 1 fully saturated rings. The van der Waals surface area contributed by atoms with E-state index in [0.717, 1.165) is 32.4 Å². The Hall–Kier alpha value is -1.87. The lowest BCUT2D eigenvalue weighted by molar-refractivity contribution is -0.153. The van der Waals surface area contributed by atoms with Gasteiger partial charge in [0.2, 0.25) is 0 Å². The standard InChI is InChI=1S/C18H24F4N2O3/c1-23(11-17(25)26)14-3-2-7-24(8-6-14)10-13-4-5-16(15(19)9-13)27-12-18(20,21)22/h4-5,9,14H,2-3,6-8,10-12H2,1H3,(H,25,26). The molecule has 1 unspecified atom stereocenters. The van der Waals surface area contributed by atoms with E-state index in [-0.39, 0.29) is 12.6 Å². The largest absolute Gasteiger partial charge is 0.481 e. The normalized spacial score (nSPS) is 19.1. The van der Waals surface area contributed by atoms with E-state index < -0.39 is 30.3 Å². The van der Waals surface area contributed by atoms with E-state index >= 15 is 0 Å². The number of carboxylic acid groups (broad SMARTS) is 1. The predicted octanol–water partition coefficient (Wildman–Crippen LogP) is 3.14. The highest BCUT2D eigenvalue weighted by Crippen LogP contribution is 2.24. The number of carboxylic acids is 1. The van der Waals surface area contributed by atoms with Crippen LogP contribution in [0.4, 0.5) is 17.6 Å². The molecule has 5 nitrogen and oxygen atoms in total. The Kier molecular flexibility index (Phi) is 7.43. The van der Waals surface area contributed by atoms with Gasteiger partial charge in [-0.1, -0.05) is 6.07 Å². The number of rotatable bonds is 7. The highest BCUT2D eigenvalue weighted by atomic mass is 19.4. The van der Waals surface area contributed by atoms with Gasteiger partial charge in [0, 0.05) is 12.6 Å². The van der Waals surface area contributed by atoms with Crippen LogP contribution in [0, 0.1) is 5.82 Å². The summed E-state index contributed by atoms with van der Waals surface area (Å²) >= 11 is 0. The maximum absolute atomic E-state index is 14.0. The summed E-state index contributed by atoms with van der Waals surface area (Å²) in [5.41, 5.74) is 0.657. The molecule has 1 saturated heterocycles. The van der Waals surface area contributed by atoms with Crippen molar-refractivity contribution in [2.24, 2.45) is 0 Å². The van der Waals surface area contributed by atoms with Gasteiger partial charge in [-0.25, -0.2) is 4.39 Å². The molecule has 0 radical (unpaired) electrons. The monoisotopic (exact) mass is 392 g/mol. The number of carbonyl (C=O) groups is 1. The van der Waals surface area contributed by atoms with Crippen molar-refractivity contribution in [3.63, 3.8) is 0 Å². The number of hydrogen-bond donors (Lipinski definition) is 1. The Morgan fingerprint density at radius 1 is 1.33 bits per heavy atom. The van der Waals surface area contributed by atoms with Gasteiger partial charge in [-0.3, -0.25) is 14.6 Å². The van der Waals surface area contributed by atoms with E-state index in [1.165, 1.54) is 12.1 Å². The SMILES string of the molecule is CN(CC(=O)O)C1CCCN(Cc2ccc(OCC(F)(F)F)c(F)c2)CC1. The number of alkyl halides is 3. The van der Waals surface area contributed by atoms with Gasteiger partial charge >= 0.3 is 12.1 Å². The fraction of sp³-hybridized carbons (Fsp3) is 0.611. The number of likely N-dealkylation sites (N-methyl/N-ethyl adjacent to an activating group) is 1. The average Bonchev–Trinajstić information content (AvgIpc) is 2.78. The number of ether oxygens (including phenoxy) is 1. The van der Waals surface area contributed by atoms with Gasteiger partial charge in [-0.2, -0.15) is 13.2 Å². The topological polar surface area (TPSA) is 53.0 Å².